The molecule has 2 N–H and O–H groups in total. The van der Waals surface area contributed by atoms with Crippen molar-refractivity contribution in [1.29, 1.82) is 0 Å². The van der Waals surface area contributed by atoms with Crippen molar-refractivity contribution < 1.29 is 15.0 Å². The van der Waals surface area contributed by atoms with Gasteiger partial charge in [-0.1, -0.05) is 29.5 Å². The van der Waals surface area contributed by atoms with Crippen LogP contribution < -0.4 is 0 Å². The Morgan fingerprint density at radius 3 is 2.86 bits per heavy atom. The highest BCUT2D eigenvalue weighted by Gasteiger charge is 2.01. The summed E-state index contributed by atoms with van der Waals surface area (Å²) in [5.74, 6) is 3.93. The molecule has 0 saturated heterocycles. The molecule has 0 bridgehead atoms. The highest BCUT2D eigenvalue weighted by atomic mass is 35.5. The first-order valence-corrected chi connectivity index (χ1v) is 4.17. The predicted molar refractivity (Wildman–Crippen MR) is 52.2 cm³/mol. The van der Waals surface area contributed by atoms with Gasteiger partial charge in [0.15, 0.2) is 0 Å². The van der Waals surface area contributed by atoms with E-state index >= 15 is 0 Å². The molecule has 0 aliphatic rings. The zero-order valence-electron chi connectivity index (χ0n) is 7.12. The fraction of sp³-hybridized carbons (Fsp3) is 0.100. The van der Waals surface area contributed by atoms with Crippen LogP contribution in [0.4, 0.5) is 0 Å². The summed E-state index contributed by atoms with van der Waals surface area (Å²) in [6.45, 7) is 0. The largest absolute Gasteiger partial charge is 0.506 e. The van der Waals surface area contributed by atoms with Crippen LogP contribution in [0.3, 0.4) is 0 Å². The van der Waals surface area contributed by atoms with Crippen LogP contribution in [0, 0.1) is 11.8 Å². The third kappa shape index (κ3) is 2.68. The summed E-state index contributed by atoms with van der Waals surface area (Å²) in [6.07, 6.45) is -0.244. The van der Waals surface area contributed by atoms with Gasteiger partial charge in [-0.3, -0.25) is 4.79 Å². The summed E-state index contributed by atoms with van der Waals surface area (Å²) in [7, 11) is 0. The maximum absolute atomic E-state index is 10.2. The number of carboxylic acids is 1. The van der Waals surface area contributed by atoms with Gasteiger partial charge in [-0.15, -0.1) is 0 Å². The van der Waals surface area contributed by atoms with E-state index in [1.54, 1.807) is 12.1 Å². The number of carboxylic acid groups (broad SMARTS) is 1. The Kier molecular flexibility index (Phi) is 3.38. The Bertz CT molecular complexity index is 415. The topological polar surface area (TPSA) is 57.5 Å². The second-order valence-electron chi connectivity index (χ2n) is 2.51. The number of benzene rings is 1. The maximum Gasteiger partial charge on any atom is 0.315 e. The predicted octanol–water partition coefficient (Wildman–Crippen LogP) is 1.87. The summed E-state index contributed by atoms with van der Waals surface area (Å²) in [6, 6.07) is 4.63. The lowest BCUT2D eigenvalue weighted by Crippen LogP contribution is -1.90. The maximum atomic E-state index is 10.2. The van der Waals surface area contributed by atoms with Gasteiger partial charge in [0.2, 0.25) is 0 Å². The van der Waals surface area contributed by atoms with Crippen LogP contribution in [0.25, 0.3) is 0 Å². The molecule has 1 rings (SSSR count). The number of phenols is 1. The molecule has 1 aromatic carbocycles. The summed E-state index contributed by atoms with van der Waals surface area (Å²) in [5, 5.41) is 17.7. The van der Waals surface area contributed by atoms with Crippen molar-refractivity contribution >= 4 is 17.6 Å². The van der Waals surface area contributed by atoms with E-state index in [-0.39, 0.29) is 17.2 Å². The fourth-order valence-electron chi connectivity index (χ4n) is 0.831. The molecule has 0 spiro atoms. The molecule has 0 aliphatic carbocycles. The smallest absolute Gasteiger partial charge is 0.315 e. The van der Waals surface area contributed by atoms with E-state index in [1.165, 1.54) is 6.07 Å². The van der Waals surface area contributed by atoms with Gasteiger partial charge in [0.1, 0.15) is 12.2 Å². The van der Waals surface area contributed by atoms with Crippen LogP contribution in [0.5, 0.6) is 5.75 Å². The molecular formula is C10H7ClO3. The number of rotatable bonds is 1. The Labute approximate surface area is 85.9 Å². The standard InChI is InChI=1S/C10H7ClO3/c11-10-7(3-1-5-8(10)12)4-2-6-9(13)14/h1,3,5,12H,6H2,(H,13,14). The van der Waals surface area contributed by atoms with Crippen molar-refractivity contribution in [2.75, 3.05) is 0 Å². The lowest BCUT2D eigenvalue weighted by atomic mass is 10.2. The number of phenolic OH excluding ortho intramolecular Hbond substituents is 1. The Morgan fingerprint density at radius 2 is 2.21 bits per heavy atom. The van der Waals surface area contributed by atoms with Crippen molar-refractivity contribution in [3.8, 4) is 17.6 Å². The normalized spacial score (nSPS) is 8.93. The molecule has 1 aromatic rings. The van der Waals surface area contributed by atoms with Crippen LogP contribution in [0.2, 0.25) is 5.02 Å². The van der Waals surface area contributed by atoms with E-state index in [0.717, 1.165) is 0 Å². The second-order valence-corrected chi connectivity index (χ2v) is 2.89. The van der Waals surface area contributed by atoms with E-state index < -0.39 is 5.97 Å². The van der Waals surface area contributed by atoms with Crippen LogP contribution >= 0.6 is 11.6 Å². The Balaban J connectivity index is 2.90. The molecule has 72 valence electrons. The highest BCUT2D eigenvalue weighted by Crippen LogP contribution is 2.25. The van der Waals surface area contributed by atoms with Crippen molar-refractivity contribution in [1.82, 2.24) is 0 Å². The van der Waals surface area contributed by atoms with E-state index in [4.69, 9.17) is 16.7 Å². The third-order valence-corrected chi connectivity index (χ3v) is 1.84. The fourth-order valence-corrected chi connectivity index (χ4v) is 1.00. The van der Waals surface area contributed by atoms with Gasteiger partial charge >= 0.3 is 5.97 Å². The molecule has 0 aliphatic heterocycles. The van der Waals surface area contributed by atoms with Gasteiger partial charge in [-0.25, -0.2) is 0 Å². The van der Waals surface area contributed by atoms with Crippen LogP contribution in [0.15, 0.2) is 18.2 Å². The number of hydrogen-bond acceptors (Lipinski definition) is 2. The lowest BCUT2D eigenvalue weighted by molar-refractivity contribution is -0.135. The highest BCUT2D eigenvalue weighted by molar-refractivity contribution is 6.33. The molecule has 0 heterocycles. The number of aromatic hydroxyl groups is 1. The van der Waals surface area contributed by atoms with E-state index in [0.29, 0.717) is 5.56 Å². The van der Waals surface area contributed by atoms with Crippen molar-refractivity contribution in [2.45, 2.75) is 6.42 Å². The zero-order valence-corrected chi connectivity index (χ0v) is 7.88. The Morgan fingerprint density at radius 1 is 1.50 bits per heavy atom. The number of hydrogen-bond donors (Lipinski definition) is 2. The summed E-state index contributed by atoms with van der Waals surface area (Å²) in [5.41, 5.74) is 0.424. The minimum absolute atomic E-state index is 0.0613. The van der Waals surface area contributed by atoms with Crippen LogP contribution in [-0.4, -0.2) is 16.2 Å². The zero-order chi connectivity index (χ0) is 10.6. The first-order chi connectivity index (χ1) is 6.61. The molecule has 0 amide bonds. The monoisotopic (exact) mass is 210 g/mol. The number of aliphatic carboxylic acids is 1. The van der Waals surface area contributed by atoms with Crippen LogP contribution in [-0.2, 0) is 4.79 Å². The van der Waals surface area contributed by atoms with Crippen molar-refractivity contribution in [3.63, 3.8) is 0 Å². The molecule has 0 aromatic heterocycles. The lowest BCUT2D eigenvalue weighted by Gasteiger charge is -1.97. The summed E-state index contributed by atoms with van der Waals surface area (Å²) in [4.78, 5) is 10.2. The molecular weight excluding hydrogens is 204 g/mol. The Hall–Kier alpha value is -1.66. The molecule has 0 fully saturated rings. The number of halogens is 1. The van der Waals surface area contributed by atoms with Gasteiger partial charge in [0.05, 0.1) is 5.02 Å². The molecule has 14 heavy (non-hydrogen) atoms. The van der Waals surface area contributed by atoms with Gasteiger partial charge in [-0.2, -0.15) is 0 Å². The SMILES string of the molecule is O=C(O)CC#Cc1cccc(O)c1Cl. The average Bonchev–Trinajstić information content (AvgIpc) is 2.12. The summed E-state index contributed by atoms with van der Waals surface area (Å²) >= 11 is 5.71. The molecule has 0 atom stereocenters. The van der Waals surface area contributed by atoms with Crippen LogP contribution in [0.1, 0.15) is 12.0 Å². The van der Waals surface area contributed by atoms with Crippen molar-refractivity contribution in [3.05, 3.63) is 28.8 Å². The van der Waals surface area contributed by atoms with E-state index in [1.807, 2.05) is 0 Å². The van der Waals surface area contributed by atoms with E-state index in [9.17, 15) is 9.90 Å². The third-order valence-electron chi connectivity index (χ3n) is 1.44. The minimum Gasteiger partial charge on any atom is -0.506 e. The number of carbonyl (C=O) groups is 1. The first-order valence-electron chi connectivity index (χ1n) is 3.79. The molecule has 4 heteroatoms. The first kappa shape index (κ1) is 10.4. The van der Waals surface area contributed by atoms with Gasteiger partial charge in [-0.05, 0) is 12.1 Å². The molecule has 0 unspecified atom stereocenters. The summed E-state index contributed by atoms with van der Waals surface area (Å²) < 4.78 is 0. The van der Waals surface area contributed by atoms with Gasteiger partial charge < -0.3 is 10.2 Å². The quantitative estimate of drug-likeness (QED) is 0.696. The second kappa shape index (κ2) is 4.54. The molecule has 0 radical (unpaired) electrons. The van der Waals surface area contributed by atoms with Gasteiger partial charge in [0, 0.05) is 5.56 Å². The molecule has 0 saturated carbocycles. The average molecular weight is 211 g/mol. The van der Waals surface area contributed by atoms with Gasteiger partial charge in [0.25, 0.3) is 0 Å². The van der Waals surface area contributed by atoms with Crippen molar-refractivity contribution in [2.24, 2.45) is 0 Å². The molecule has 3 nitrogen and oxygen atoms in total. The minimum atomic E-state index is -0.992. The van der Waals surface area contributed by atoms with E-state index in [2.05, 4.69) is 11.8 Å².